The van der Waals surface area contributed by atoms with Crippen LogP contribution in [0.5, 0.6) is 0 Å². The van der Waals surface area contributed by atoms with Gasteiger partial charge in [-0.2, -0.15) is 0 Å². The Morgan fingerprint density at radius 3 is 0.500 bits per heavy atom. The molecule has 0 aliphatic rings. The van der Waals surface area contributed by atoms with E-state index in [-0.39, 0.29) is 0 Å². The number of nitrogens with two attached hydrogens (primary N) is 4. The first-order valence-electron chi connectivity index (χ1n) is 17.6. The van der Waals surface area contributed by atoms with Crippen LogP contribution in [0.25, 0.3) is 0 Å². The molecule has 0 unspecified atom stereocenters. The molecule has 56 heavy (non-hydrogen) atoms. The van der Waals surface area contributed by atoms with E-state index in [1.165, 1.54) is 0 Å². The molecule has 336 valence electrons. The summed E-state index contributed by atoms with van der Waals surface area (Å²) in [5.41, 5.74) is 17.3. The molecule has 0 aromatic rings. The third-order valence-electron chi connectivity index (χ3n) is 5.16. The van der Waals surface area contributed by atoms with Crippen molar-refractivity contribution in [3.63, 3.8) is 0 Å². The van der Waals surface area contributed by atoms with Crippen molar-refractivity contribution in [3.8, 4) is 0 Å². The predicted molar refractivity (Wildman–Crippen MR) is 263 cm³/mol. The number of carbonyl (C=O) groups excluding carboxylic acids is 4. The first kappa shape index (κ1) is 71.7. The van der Waals surface area contributed by atoms with Crippen LogP contribution in [0, 0.1) is 0 Å². The van der Waals surface area contributed by atoms with Gasteiger partial charge in [-0.1, -0.05) is 50.5 Å². The maximum Gasteiger partial charge on any atom is 0.273 e. The number of hydrogen-bond donors (Lipinski definition) is 8. The summed E-state index contributed by atoms with van der Waals surface area (Å²) in [6.45, 7) is 34.3. The Morgan fingerprint density at radius 1 is 0.357 bits per heavy atom. The molecule has 0 saturated heterocycles. The monoisotopic (exact) mass is 952 g/mol. The van der Waals surface area contributed by atoms with Crippen LogP contribution in [0.2, 0.25) is 0 Å². The van der Waals surface area contributed by atoms with Crippen LogP contribution >= 0.6 is 99.4 Å². The molecule has 0 fully saturated rings. The molecule has 0 aromatic carbocycles. The van der Waals surface area contributed by atoms with Gasteiger partial charge in [0, 0.05) is 52.4 Å². The number of rotatable bonds is 12. The Labute approximate surface area is 381 Å². The first-order chi connectivity index (χ1) is 26.0. The second-order valence-corrected chi connectivity index (χ2v) is 12.0. The smallest absolute Gasteiger partial charge is 0.273 e. The van der Waals surface area contributed by atoms with Gasteiger partial charge in [0.1, 0.15) is 0 Å². The van der Waals surface area contributed by atoms with Crippen LogP contribution in [0.4, 0.5) is 19.2 Å². The molecule has 0 saturated carbocycles. The van der Waals surface area contributed by atoms with E-state index in [1.807, 2.05) is 47.3 Å². The maximum atomic E-state index is 9.09. The molecule has 0 aliphatic carbocycles. The van der Waals surface area contributed by atoms with E-state index in [9.17, 15) is 0 Å². The van der Waals surface area contributed by atoms with Crippen molar-refractivity contribution in [2.24, 2.45) is 22.9 Å². The highest BCUT2D eigenvalue weighted by Crippen LogP contribution is 1.95. The fraction of sp³-hybridized carbons (Fsp3) is 0.750. The normalized spacial score (nSPS) is 8.29. The second kappa shape index (κ2) is 57.4. The van der Waals surface area contributed by atoms with Crippen molar-refractivity contribution in [2.45, 2.75) is 83.1 Å². The largest absolute Gasteiger partial charge is 0.471 e. The molecule has 4 amide bonds. The third-order valence-corrected chi connectivity index (χ3v) is 6.66. The van der Waals surface area contributed by atoms with Gasteiger partial charge in [0.25, 0.3) is 41.7 Å². The van der Waals surface area contributed by atoms with E-state index in [1.54, 1.807) is 0 Å². The number of nitrogens with zero attached hydrogens (tertiary/aromatic N) is 4. The van der Waals surface area contributed by atoms with Crippen molar-refractivity contribution >= 4 is 141 Å². The lowest BCUT2D eigenvalue weighted by molar-refractivity contribution is 0.263. The molecular weight excluding hydrogens is 881 g/mol. The number of thiocarbonyl (C=S) groups is 4. The van der Waals surface area contributed by atoms with E-state index >= 15 is 0 Å². The molecule has 0 aromatic heterocycles. The molecule has 0 spiro atoms. The highest BCUT2D eigenvalue weighted by molar-refractivity contribution is 7.97. The van der Waals surface area contributed by atoms with Gasteiger partial charge >= 0.3 is 0 Å². The van der Waals surface area contributed by atoms with Gasteiger partial charge in [0.2, 0.25) is 0 Å². The predicted octanol–water partition coefficient (Wildman–Crippen LogP) is 6.58. The van der Waals surface area contributed by atoms with E-state index < -0.39 is 21.0 Å². The molecule has 16 nitrogen and oxygen atoms in total. The molecule has 8 N–H and O–H groups in total. The lowest BCUT2D eigenvalue weighted by Crippen LogP contribution is -2.30. The number of ether oxygens (including phenoxy) is 4. The highest BCUT2D eigenvalue weighted by Gasteiger charge is 2.05. The van der Waals surface area contributed by atoms with Crippen LogP contribution in [-0.4, -0.2) is 140 Å². The standard InChI is InChI=1S/4C7H15NOS.4CH3NOS/c4*1-4-8(5-2)7(10)9-6-3;4*2-1(3)4/h4*4-6H2,1-3H3;4*(H3,2,3,4). The van der Waals surface area contributed by atoms with E-state index in [0.717, 1.165) is 52.4 Å². The quantitative estimate of drug-likeness (QED) is 0.0765. The van der Waals surface area contributed by atoms with Gasteiger partial charge in [0.15, 0.2) is 0 Å². The summed E-state index contributed by atoms with van der Waals surface area (Å²) >= 11 is 32.3. The maximum absolute atomic E-state index is 9.09. The summed E-state index contributed by atoms with van der Waals surface area (Å²) < 4.78 is 20.6. The van der Waals surface area contributed by atoms with Gasteiger partial charge in [-0.25, -0.2) is 0 Å². The molecule has 0 aliphatic heterocycles. The zero-order valence-electron chi connectivity index (χ0n) is 35.3. The van der Waals surface area contributed by atoms with Gasteiger partial charge in [-0.3, -0.25) is 19.2 Å². The van der Waals surface area contributed by atoms with Crippen molar-refractivity contribution in [1.82, 2.24) is 19.6 Å². The molecule has 0 atom stereocenters. The lowest BCUT2D eigenvalue weighted by Gasteiger charge is -2.20. The number of amides is 4. The summed E-state index contributed by atoms with van der Waals surface area (Å²) in [6.07, 6.45) is 0. The summed E-state index contributed by atoms with van der Waals surface area (Å²) in [4.78, 5) is 44.4. The molecule has 0 heterocycles. The minimum atomic E-state index is -0.639. The fourth-order valence-corrected chi connectivity index (χ4v) is 4.29. The molecular formula is C32H72N8O8S8. The number of carbonyl (C=O) groups is 4. The summed E-state index contributed by atoms with van der Waals surface area (Å²) in [5.74, 6) is 0. The van der Waals surface area contributed by atoms with Crippen molar-refractivity contribution < 1.29 is 38.1 Å². The van der Waals surface area contributed by atoms with Gasteiger partial charge in [-0.05, 0) is 132 Å². The Balaban J connectivity index is -0.0000000811. The van der Waals surface area contributed by atoms with Crippen LogP contribution in [0.3, 0.4) is 0 Å². The summed E-state index contributed by atoms with van der Waals surface area (Å²) in [6, 6.07) is 0. The lowest BCUT2D eigenvalue weighted by atomic mass is 10.6. The average molecular weight is 954 g/mol. The molecule has 0 bridgehead atoms. The van der Waals surface area contributed by atoms with Crippen molar-refractivity contribution in [3.05, 3.63) is 0 Å². The molecule has 0 radical (unpaired) electrons. The van der Waals surface area contributed by atoms with Crippen molar-refractivity contribution in [1.29, 1.82) is 0 Å². The minimum absolute atomic E-state index is 0.618. The van der Waals surface area contributed by atoms with Crippen LogP contribution in [-0.2, 0) is 18.9 Å². The van der Waals surface area contributed by atoms with Gasteiger partial charge < -0.3 is 61.5 Å². The Kier molecular flexibility index (Phi) is 73.5. The topological polar surface area (TPSA) is 222 Å². The Bertz CT molecular complexity index is 827. The van der Waals surface area contributed by atoms with Crippen LogP contribution in [0.15, 0.2) is 0 Å². The number of primary amides is 4. The Hall–Kier alpha value is -1.96. The Morgan fingerprint density at radius 2 is 0.446 bits per heavy atom. The summed E-state index contributed by atoms with van der Waals surface area (Å²) in [7, 11) is 0. The SMILES string of the molecule is CCOC(=S)N(CC)CC.CCOC(=S)N(CC)CC.CCOC(=S)N(CC)CC.CCOC(=S)N(CC)CC.NC(=O)S.NC(=O)S.NC(=O)S.NC(=O)S. The van der Waals surface area contributed by atoms with Crippen LogP contribution in [0.1, 0.15) is 83.1 Å². The highest BCUT2D eigenvalue weighted by atomic mass is 32.1. The zero-order chi connectivity index (χ0) is 46.2. The average Bonchev–Trinajstić information content (AvgIpc) is 3.07. The van der Waals surface area contributed by atoms with Crippen LogP contribution < -0.4 is 22.9 Å². The van der Waals surface area contributed by atoms with E-state index in [0.29, 0.717) is 47.1 Å². The van der Waals surface area contributed by atoms with Gasteiger partial charge in [-0.15, -0.1) is 0 Å². The minimum Gasteiger partial charge on any atom is -0.471 e. The number of hydrogen-bond acceptors (Lipinski definition) is 12. The summed E-state index contributed by atoms with van der Waals surface area (Å²) in [5, 5.41) is -0.0833. The number of thiol groups is 4. The fourth-order valence-electron chi connectivity index (χ4n) is 2.79. The third kappa shape index (κ3) is 76.7. The molecule has 0 rings (SSSR count). The zero-order valence-corrected chi connectivity index (χ0v) is 42.1. The van der Waals surface area contributed by atoms with Gasteiger partial charge in [0.05, 0.1) is 26.4 Å². The van der Waals surface area contributed by atoms with Crippen molar-refractivity contribution in [2.75, 3.05) is 78.8 Å². The first-order valence-corrected chi connectivity index (χ1v) is 21.0. The second-order valence-electron chi connectivity index (χ2n) is 8.84. The van der Waals surface area contributed by atoms with E-state index in [2.05, 4.69) is 129 Å². The molecule has 24 heteroatoms. The van der Waals surface area contributed by atoms with E-state index in [4.69, 9.17) is 87.0 Å².